The number of rotatable bonds is 12. The third-order valence-corrected chi connectivity index (χ3v) is 3.81. The maximum Gasteiger partial charge on any atom is 0.328 e. The Bertz CT molecular complexity index is 568. The molecule has 0 aromatic heterocycles. The zero-order valence-corrected chi connectivity index (χ0v) is 15.1. The summed E-state index contributed by atoms with van der Waals surface area (Å²) in [6.07, 6.45) is -0.138. The molecule has 0 heterocycles. The molecule has 0 saturated heterocycles. The lowest BCUT2D eigenvalue weighted by atomic mass is 9.99. The van der Waals surface area contributed by atoms with Crippen LogP contribution in [0.4, 0.5) is 0 Å². The van der Waals surface area contributed by atoms with E-state index in [1.165, 1.54) is 0 Å². The molecule has 8 N–H and O–H groups in total. The minimum atomic E-state index is -1.54. The summed E-state index contributed by atoms with van der Waals surface area (Å²) >= 11 is 0. The molecule has 0 aliphatic heterocycles. The van der Waals surface area contributed by atoms with E-state index in [1.54, 1.807) is 6.92 Å². The van der Waals surface area contributed by atoms with Crippen LogP contribution in [0.2, 0.25) is 0 Å². The summed E-state index contributed by atoms with van der Waals surface area (Å²) in [5.74, 6) is -5.60. The summed E-state index contributed by atoms with van der Waals surface area (Å²) < 4.78 is 0. The summed E-state index contributed by atoms with van der Waals surface area (Å²) in [5.41, 5.74) is 5.74. The topological polar surface area (TPSA) is 208 Å². The fraction of sp³-hybridized carbons (Fsp3) is 0.667. The minimum Gasteiger partial charge on any atom is -0.481 e. The van der Waals surface area contributed by atoms with Crippen molar-refractivity contribution in [1.29, 1.82) is 0 Å². The first kappa shape index (κ1) is 24.3. The van der Waals surface area contributed by atoms with Crippen molar-refractivity contribution >= 4 is 29.7 Å². The van der Waals surface area contributed by atoms with Gasteiger partial charge in [-0.1, -0.05) is 20.3 Å². The van der Waals surface area contributed by atoms with Crippen molar-refractivity contribution in [2.45, 2.75) is 44.8 Å². The van der Waals surface area contributed by atoms with Gasteiger partial charge in [-0.15, -0.1) is 0 Å². The zero-order chi connectivity index (χ0) is 21.1. The fourth-order valence-electron chi connectivity index (χ4n) is 1.89. The van der Waals surface area contributed by atoms with Gasteiger partial charge in [0.1, 0.15) is 12.1 Å². The van der Waals surface area contributed by atoms with Gasteiger partial charge in [-0.2, -0.15) is 0 Å². The summed E-state index contributed by atoms with van der Waals surface area (Å²) in [5, 5.41) is 32.7. The Morgan fingerprint density at radius 2 is 1.59 bits per heavy atom. The predicted molar refractivity (Wildman–Crippen MR) is 91.3 cm³/mol. The van der Waals surface area contributed by atoms with Gasteiger partial charge < -0.3 is 37.0 Å². The van der Waals surface area contributed by atoms with Crippen LogP contribution in [0.1, 0.15) is 26.7 Å². The smallest absolute Gasteiger partial charge is 0.328 e. The molecular weight excluding hydrogens is 364 g/mol. The Morgan fingerprint density at radius 1 is 1.00 bits per heavy atom. The highest BCUT2D eigenvalue weighted by molar-refractivity contribution is 5.94. The molecule has 0 aromatic carbocycles. The minimum absolute atomic E-state index is 0.198. The first-order valence-corrected chi connectivity index (χ1v) is 8.21. The number of hydrogen-bond donors (Lipinski definition) is 7. The normalized spacial score (nSPS) is 15.0. The number of amides is 3. The number of nitrogens with one attached hydrogen (secondary N) is 3. The maximum atomic E-state index is 12.1. The van der Waals surface area contributed by atoms with E-state index in [2.05, 4.69) is 10.6 Å². The SMILES string of the molecule is CCC(C)C(N)C(=O)NC(CC(=O)O)C(=O)NCC(=O)NC(CO)C(=O)O. The lowest BCUT2D eigenvalue weighted by molar-refractivity contribution is -0.143. The Balaban J connectivity index is 4.83. The number of hydrogen-bond acceptors (Lipinski definition) is 7. The second-order valence-corrected chi connectivity index (χ2v) is 5.93. The monoisotopic (exact) mass is 390 g/mol. The van der Waals surface area contributed by atoms with Crippen LogP contribution < -0.4 is 21.7 Å². The summed E-state index contributed by atoms with van der Waals surface area (Å²) in [6, 6.07) is -3.95. The van der Waals surface area contributed by atoms with Crippen LogP contribution in [0.3, 0.4) is 0 Å². The van der Waals surface area contributed by atoms with E-state index in [-0.39, 0.29) is 5.92 Å². The van der Waals surface area contributed by atoms with E-state index in [0.717, 1.165) is 0 Å². The van der Waals surface area contributed by atoms with Gasteiger partial charge in [-0.25, -0.2) is 4.79 Å². The zero-order valence-electron chi connectivity index (χ0n) is 15.1. The van der Waals surface area contributed by atoms with Crippen molar-refractivity contribution < 1.29 is 39.3 Å². The van der Waals surface area contributed by atoms with Crippen molar-refractivity contribution in [1.82, 2.24) is 16.0 Å². The summed E-state index contributed by atoms with van der Waals surface area (Å²) in [6.45, 7) is 2.02. The summed E-state index contributed by atoms with van der Waals surface area (Å²) in [7, 11) is 0. The maximum absolute atomic E-state index is 12.1. The third-order valence-electron chi connectivity index (χ3n) is 3.81. The van der Waals surface area contributed by atoms with Gasteiger partial charge in [-0.3, -0.25) is 19.2 Å². The Kier molecular flexibility index (Phi) is 10.6. The standard InChI is InChI=1S/C15H26N4O8/c1-3-7(2)12(16)14(25)19-8(4-11(22)23)13(24)17-5-10(21)18-9(6-20)15(26)27/h7-9,12,20H,3-6,16H2,1-2H3,(H,17,24)(H,18,21)(H,19,25)(H,22,23)(H,26,27). The van der Waals surface area contributed by atoms with Gasteiger partial charge in [0, 0.05) is 0 Å². The van der Waals surface area contributed by atoms with E-state index in [1.807, 2.05) is 12.2 Å². The molecule has 0 saturated carbocycles. The van der Waals surface area contributed by atoms with Crippen LogP contribution in [0, 0.1) is 5.92 Å². The van der Waals surface area contributed by atoms with E-state index in [4.69, 9.17) is 21.1 Å². The number of nitrogens with two attached hydrogens (primary N) is 1. The first-order chi connectivity index (χ1) is 12.5. The molecule has 4 unspecified atom stereocenters. The molecule has 12 nitrogen and oxygen atoms in total. The number of aliphatic hydroxyl groups is 1. The molecule has 0 aliphatic carbocycles. The van der Waals surface area contributed by atoms with Crippen LogP contribution in [0.15, 0.2) is 0 Å². The predicted octanol–water partition coefficient (Wildman–Crippen LogP) is -3.00. The molecule has 0 radical (unpaired) electrons. The molecule has 0 spiro atoms. The van der Waals surface area contributed by atoms with Crippen molar-refractivity contribution in [2.24, 2.45) is 11.7 Å². The highest BCUT2D eigenvalue weighted by Crippen LogP contribution is 2.06. The quantitative estimate of drug-likeness (QED) is 0.181. The van der Waals surface area contributed by atoms with Gasteiger partial charge >= 0.3 is 11.9 Å². The number of carboxylic acid groups (broad SMARTS) is 2. The largest absolute Gasteiger partial charge is 0.481 e. The number of aliphatic carboxylic acids is 2. The van der Waals surface area contributed by atoms with Gasteiger partial charge in [-0.05, 0) is 5.92 Å². The number of carbonyl (C=O) groups excluding carboxylic acids is 3. The van der Waals surface area contributed by atoms with Crippen LogP contribution >= 0.6 is 0 Å². The Morgan fingerprint density at radius 3 is 2.04 bits per heavy atom. The highest BCUT2D eigenvalue weighted by Gasteiger charge is 2.28. The number of carboxylic acids is 2. The van der Waals surface area contributed by atoms with E-state index in [9.17, 15) is 24.0 Å². The lowest BCUT2D eigenvalue weighted by Crippen LogP contribution is -2.55. The molecule has 0 aliphatic rings. The Labute approximate surface area is 155 Å². The molecule has 4 atom stereocenters. The molecule has 27 heavy (non-hydrogen) atoms. The van der Waals surface area contributed by atoms with Crippen LogP contribution in [-0.4, -0.2) is 76.3 Å². The van der Waals surface area contributed by atoms with Crippen molar-refractivity contribution in [3.05, 3.63) is 0 Å². The van der Waals surface area contributed by atoms with Crippen LogP contribution in [0.5, 0.6) is 0 Å². The number of carbonyl (C=O) groups is 5. The van der Waals surface area contributed by atoms with Crippen molar-refractivity contribution in [3.8, 4) is 0 Å². The van der Waals surface area contributed by atoms with Crippen LogP contribution in [0.25, 0.3) is 0 Å². The average Bonchev–Trinajstić information content (AvgIpc) is 2.61. The molecule has 154 valence electrons. The van der Waals surface area contributed by atoms with Crippen molar-refractivity contribution in [3.63, 3.8) is 0 Å². The van der Waals surface area contributed by atoms with Gasteiger partial charge in [0.05, 0.1) is 25.6 Å². The van der Waals surface area contributed by atoms with Gasteiger partial charge in [0.15, 0.2) is 0 Å². The molecular formula is C15H26N4O8. The van der Waals surface area contributed by atoms with Crippen LogP contribution in [-0.2, 0) is 24.0 Å². The second kappa shape index (κ2) is 11.8. The molecule has 0 aromatic rings. The molecule has 0 rings (SSSR count). The third kappa shape index (κ3) is 8.96. The Hall–Kier alpha value is -2.73. The lowest BCUT2D eigenvalue weighted by Gasteiger charge is -2.22. The molecule has 0 bridgehead atoms. The highest BCUT2D eigenvalue weighted by atomic mass is 16.4. The van der Waals surface area contributed by atoms with E-state index in [0.29, 0.717) is 6.42 Å². The second-order valence-electron chi connectivity index (χ2n) is 5.93. The first-order valence-electron chi connectivity index (χ1n) is 8.21. The molecule has 12 heteroatoms. The van der Waals surface area contributed by atoms with E-state index >= 15 is 0 Å². The van der Waals surface area contributed by atoms with Gasteiger partial charge in [0.2, 0.25) is 17.7 Å². The summed E-state index contributed by atoms with van der Waals surface area (Å²) in [4.78, 5) is 57.4. The fourth-order valence-corrected chi connectivity index (χ4v) is 1.89. The molecule has 0 fully saturated rings. The van der Waals surface area contributed by atoms with Crippen molar-refractivity contribution in [2.75, 3.05) is 13.2 Å². The van der Waals surface area contributed by atoms with Gasteiger partial charge in [0.25, 0.3) is 0 Å². The average molecular weight is 390 g/mol. The molecule has 3 amide bonds. The van der Waals surface area contributed by atoms with E-state index < -0.39 is 67.4 Å². The number of aliphatic hydroxyl groups excluding tert-OH is 1.